The molecule has 0 saturated carbocycles. The Morgan fingerprint density at radius 3 is 2.42 bits per heavy atom. The summed E-state index contributed by atoms with van der Waals surface area (Å²) in [6, 6.07) is -1.75. The standard InChI is InChI=1S/C28H45N3O5/c1-10-21(16-18(3)27(35)36-11-2)31(9)26(34)24(28(5,6)7)30-25(33)23(29-8)19(4)20-14-12-13-15-22(32)17-20/h12,14-17,19,21,23-24,29,32H,10-11,13H2,1-9H3,(H,30,33)/b18-16+/t19?,21-,23?,24?/m0/s1. The van der Waals surface area contributed by atoms with Crippen LogP contribution in [0.1, 0.15) is 61.3 Å². The highest BCUT2D eigenvalue weighted by molar-refractivity contribution is 5.91. The largest absolute Gasteiger partial charge is 0.508 e. The van der Waals surface area contributed by atoms with Crippen molar-refractivity contribution >= 4 is 17.8 Å². The molecule has 0 aromatic rings. The van der Waals surface area contributed by atoms with Crippen LogP contribution in [0, 0.1) is 11.3 Å². The van der Waals surface area contributed by atoms with Crippen LogP contribution in [0.15, 0.2) is 47.3 Å². The van der Waals surface area contributed by atoms with E-state index in [1.54, 1.807) is 51.1 Å². The summed E-state index contributed by atoms with van der Waals surface area (Å²) in [7, 11) is 3.39. The van der Waals surface area contributed by atoms with E-state index in [2.05, 4.69) is 10.6 Å². The topological polar surface area (TPSA) is 108 Å². The average Bonchev–Trinajstić information content (AvgIpc) is 3.04. The molecule has 0 aliphatic heterocycles. The first-order chi connectivity index (χ1) is 16.8. The van der Waals surface area contributed by atoms with Crippen molar-refractivity contribution in [2.75, 3.05) is 20.7 Å². The highest BCUT2D eigenvalue weighted by Gasteiger charge is 2.38. The number of likely N-dealkylation sites (N-methyl/N-ethyl adjacent to an activating group) is 2. The summed E-state index contributed by atoms with van der Waals surface area (Å²) in [5, 5.41) is 16.1. The Morgan fingerprint density at radius 2 is 1.89 bits per heavy atom. The molecule has 8 heteroatoms. The number of hydrogen-bond donors (Lipinski definition) is 3. The van der Waals surface area contributed by atoms with Crippen LogP contribution < -0.4 is 10.6 Å². The molecule has 0 heterocycles. The molecule has 1 aliphatic carbocycles. The van der Waals surface area contributed by atoms with Crippen molar-refractivity contribution < 1.29 is 24.2 Å². The zero-order valence-corrected chi connectivity index (χ0v) is 23.3. The molecule has 2 amide bonds. The molecule has 0 saturated heterocycles. The van der Waals surface area contributed by atoms with Crippen LogP contribution in [0.3, 0.4) is 0 Å². The second kappa shape index (κ2) is 14.0. The van der Waals surface area contributed by atoms with Crippen molar-refractivity contribution in [3.63, 3.8) is 0 Å². The molecule has 4 atom stereocenters. The number of esters is 1. The van der Waals surface area contributed by atoms with Gasteiger partial charge < -0.3 is 25.4 Å². The number of nitrogens with one attached hydrogen (secondary N) is 2. The number of rotatable bonds is 11. The van der Waals surface area contributed by atoms with E-state index in [0.717, 1.165) is 5.57 Å². The molecule has 0 aromatic heterocycles. The number of aliphatic hydroxyl groups excluding tert-OH is 1. The molecule has 1 aliphatic rings. The Morgan fingerprint density at radius 1 is 1.25 bits per heavy atom. The predicted molar refractivity (Wildman–Crippen MR) is 143 cm³/mol. The first-order valence-electron chi connectivity index (χ1n) is 12.6. The van der Waals surface area contributed by atoms with Gasteiger partial charge in [-0.2, -0.15) is 0 Å². The van der Waals surface area contributed by atoms with E-state index in [0.29, 0.717) is 18.4 Å². The van der Waals surface area contributed by atoms with E-state index in [1.807, 2.05) is 46.8 Å². The van der Waals surface area contributed by atoms with Gasteiger partial charge in [0, 0.05) is 18.5 Å². The quantitative estimate of drug-likeness (QED) is 0.292. The lowest BCUT2D eigenvalue weighted by Crippen LogP contribution is -2.59. The minimum Gasteiger partial charge on any atom is -0.508 e. The van der Waals surface area contributed by atoms with Crippen molar-refractivity contribution in [2.45, 2.75) is 79.4 Å². The molecule has 202 valence electrons. The lowest BCUT2D eigenvalue weighted by molar-refractivity contribution is -0.140. The molecule has 8 nitrogen and oxygen atoms in total. The van der Waals surface area contributed by atoms with Crippen LogP contribution in [0.2, 0.25) is 0 Å². The van der Waals surface area contributed by atoms with Gasteiger partial charge in [0.05, 0.1) is 18.7 Å². The number of amides is 2. The van der Waals surface area contributed by atoms with E-state index < -0.39 is 23.5 Å². The van der Waals surface area contributed by atoms with Crippen LogP contribution >= 0.6 is 0 Å². The summed E-state index contributed by atoms with van der Waals surface area (Å²) < 4.78 is 5.07. The lowest BCUT2D eigenvalue weighted by Gasteiger charge is -2.37. The summed E-state index contributed by atoms with van der Waals surface area (Å²) in [6.07, 6.45) is 10.2. The summed E-state index contributed by atoms with van der Waals surface area (Å²) in [5.74, 6) is -1.05. The van der Waals surface area contributed by atoms with Crippen molar-refractivity contribution in [1.82, 2.24) is 15.5 Å². The number of carbonyl (C=O) groups is 3. The molecular weight excluding hydrogens is 458 g/mol. The van der Waals surface area contributed by atoms with Gasteiger partial charge in [-0.3, -0.25) is 9.59 Å². The van der Waals surface area contributed by atoms with Crippen molar-refractivity contribution in [3.05, 3.63) is 47.3 Å². The van der Waals surface area contributed by atoms with Gasteiger partial charge in [-0.15, -0.1) is 0 Å². The molecule has 36 heavy (non-hydrogen) atoms. The van der Waals surface area contributed by atoms with E-state index >= 15 is 0 Å². The second-order valence-electron chi connectivity index (χ2n) is 10.3. The summed E-state index contributed by atoms with van der Waals surface area (Å²) >= 11 is 0. The van der Waals surface area contributed by atoms with Crippen LogP contribution in [-0.4, -0.2) is 66.6 Å². The zero-order valence-electron chi connectivity index (χ0n) is 23.3. The Bertz CT molecular complexity index is 911. The maximum atomic E-state index is 13.7. The summed E-state index contributed by atoms with van der Waals surface area (Å²) in [5.41, 5.74) is 0.686. The van der Waals surface area contributed by atoms with Gasteiger partial charge in [0.1, 0.15) is 11.8 Å². The maximum Gasteiger partial charge on any atom is 0.333 e. The zero-order chi connectivity index (χ0) is 27.6. The normalized spacial score (nSPS) is 17.6. The van der Waals surface area contributed by atoms with Crippen LogP contribution in [0.4, 0.5) is 0 Å². The fraction of sp³-hybridized carbons (Fsp3) is 0.607. The molecule has 0 fully saturated rings. The smallest absolute Gasteiger partial charge is 0.333 e. The van der Waals surface area contributed by atoms with Crippen LogP contribution in [0.5, 0.6) is 0 Å². The van der Waals surface area contributed by atoms with E-state index in [-0.39, 0.29) is 36.1 Å². The number of hydrogen-bond acceptors (Lipinski definition) is 6. The fourth-order valence-electron chi connectivity index (χ4n) is 4.11. The molecule has 0 spiro atoms. The average molecular weight is 504 g/mol. The maximum absolute atomic E-state index is 13.7. The monoisotopic (exact) mass is 503 g/mol. The highest BCUT2D eigenvalue weighted by Crippen LogP contribution is 2.25. The van der Waals surface area contributed by atoms with Gasteiger partial charge in [-0.05, 0) is 56.9 Å². The molecular formula is C28H45N3O5. The fourth-order valence-corrected chi connectivity index (χ4v) is 4.11. The highest BCUT2D eigenvalue weighted by atomic mass is 16.5. The van der Waals surface area contributed by atoms with E-state index in [9.17, 15) is 19.5 Å². The van der Waals surface area contributed by atoms with Crippen LogP contribution in [0.25, 0.3) is 0 Å². The number of aliphatic hydroxyl groups is 1. The lowest BCUT2D eigenvalue weighted by atomic mass is 9.84. The minimum atomic E-state index is -0.796. The molecule has 0 radical (unpaired) electrons. The van der Waals surface area contributed by atoms with E-state index in [1.165, 1.54) is 0 Å². The molecule has 3 N–H and O–H groups in total. The number of ether oxygens (including phenoxy) is 1. The predicted octanol–water partition coefficient (Wildman–Crippen LogP) is 3.82. The van der Waals surface area contributed by atoms with Gasteiger partial charge in [0.2, 0.25) is 11.8 Å². The Labute approximate surface area is 216 Å². The van der Waals surface area contributed by atoms with Gasteiger partial charge in [0.25, 0.3) is 0 Å². The third-order valence-corrected chi connectivity index (χ3v) is 6.41. The Hall–Kier alpha value is -2.87. The molecule has 0 aromatic carbocycles. The third kappa shape index (κ3) is 8.66. The second-order valence-corrected chi connectivity index (χ2v) is 10.3. The first kappa shape index (κ1) is 31.2. The number of nitrogens with zero attached hydrogens (tertiary/aromatic N) is 1. The molecule has 1 rings (SSSR count). The SMILES string of the molecule is CCOC(=O)/C(C)=C/[C@H](CC)N(C)C(=O)C(NC(=O)C(NC)C(C)C1=CC(O)=CCC=C1)C(C)(C)C. The Kier molecular flexibility index (Phi) is 12.1. The van der Waals surface area contributed by atoms with Crippen molar-refractivity contribution in [3.8, 4) is 0 Å². The van der Waals surface area contributed by atoms with Gasteiger partial charge in [0.15, 0.2) is 0 Å². The minimum absolute atomic E-state index is 0.165. The first-order valence-corrected chi connectivity index (χ1v) is 12.6. The Balaban J connectivity index is 3.17. The van der Waals surface area contributed by atoms with E-state index in [4.69, 9.17) is 4.74 Å². The van der Waals surface area contributed by atoms with Crippen LogP contribution in [-0.2, 0) is 19.1 Å². The van der Waals surface area contributed by atoms with Gasteiger partial charge in [-0.25, -0.2) is 4.79 Å². The molecule has 0 bridgehead atoms. The van der Waals surface area contributed by atoms with Gasteiger partial charge in [-0.1, -0.05) is 52.8 Å². The van der Waals surface area contributed by atoms with Crippen molar-refractivity contribution in [1.29, 1.82) is 0 Å². The van der Waals surface area contributed by atoms with Gasteiger partial charge >= 0.3 is 5.97 Å². The molecule has 3 unspecified atom stereocenters. The number of carbonyl (C=O) groups excluding carboxylic acids is 3. The number of allylic oxidation sites excluding steroid dienone is 4. The third-order valence-electron chi connectivity index (χ3n) is 6.41. The summed E-state index contributed by atoms with van der Waals surface area (Å²) in [4.78, 5) is 40.8. The van der Waals surface area contributed by atoms with Crippen molar-refractivity contribution in [2.24, 2.45) is 11.3 Å². The summed E-state index contributed by atoms with van der Waals surface area (Å²) in [6.45, 7) is 13.3.